The van der Waals surface area contributed by atoms with E-state index in [4.69, 9.17) is 0 Å². The predicted octanol–water partition coefficient (Wildman–Crippen LogP) is 1.52. The van der Waals surface area contributed by atoms with Crippen LogP contribution in [-0.2, 0) is 4.74 Å². The minimum atomic E-state index is -0.713. The van der Waals surface area contributed by atoms with Crippen LogP contribution < -0.4 is 5.73 Å². The van der Waals surface area contributed by atoms with Gasteiger partial charge in [-0.2, -0.15) is 0 Å². The molecule has 0 aliphatic rings. The molecule has 3 heteroatoms. The molecule has 3 nitrogen and oxygen atoms in total. The van der Waals surface area contributed by atoms with E-state index >= 15 is 0 Å². The Morgan fingerprint density at radius 3 is 1.78 bits per heavy atom. The largest absolute Gasteiger partial charge is 0.447 e. The van der Waals surface area contributed by atoms with Crippen LogP contribution in [0.15, 0.2) is 0 Å². The summed E-state index contributed by atoms with van der Waals surface area (Å²) in [6, 6.07) is 0. The zero-order valence-electron chi connectivity index (χ0n) is 6.47. The smallest absolute Gasteiger partial charge is 0.404 e. The molecule has 56 valence electrons. The molecule has 0 aromatic rings. The molecule has 0 saturated carbocycles. The second kappa shape index (κ2) is 7.27. The first kappa shape index (κ1) is 11.1. The van der Waals surface area contributed by atoms with Crippen LogP contribution in [0.3, 0.4) is 0 Å². The van der Waals surface area contributed by atoms with Crippen molar-refractivity contribution in [1.29, 1.82) is 0 Å². The van der Waals surface area contributed by atoms with Crippen LogP contribution in [0.2, 0.25) is 0 Å². The first-order valence-corrected chi connectivity index (χ1v) is 3.09. The van der Waals surface area contributed by atoms with E-state index in [2.05, 4.69) is 10.5 Å². The van der Waals surface area contributed by atoms with Gasteiger partial charge in [0.15, 0.2) is 0 Å². The van der Waals surface area contributed by atoms with E-state index in [9.17, 15) is 4.79 Å². The minimum Gasteiger partial charge on any atom is -0.447 e. The van der Waals surface area contributed by atoms with Gasteiger partial charge < -0.3 is 10.5 Å². The number of rotatable bonds is 1. The summed E-state index contributed by atoms with van der Waals surface area (Å²) in [7, 11) is 0. The van der Waals surface area contributed by atoms with Crippen molar-refractivity contribution in [1.82, 2.24) is 0 Å². The van der Waals surface area contributed by atoms with Crippen LogP contribution in [-0.4, -0.2) is 12.2 Å². The Morgan fingerprint density at radius 2 is 1.78 bits per heavy atom. The Hall–Kier alpha value is -0.730. The normalized spacial score (nSPS) is 7.67. The number of hydrogen-bond acceptors (Lipinski definition) is 2. The molecule has 0 radical (unpaired) electrons. The molecule has 0 rings (SSSR count). The van der Waals surface area contributed by atoms with Gasteiger partial charge in [0.1, 0.15) is 0 Å². The number of carbonyl (C=O) groups is 1. The zero-order valence-corrected chi connectivity index (χ0v) is 6.47. The van der Waals surface area contributed by atoms with Crippen LogP contribution in [0.1, 0.15) is 27.7 Å². The molecule has 0 bridgehead atoms. The molecule has 0 aliphatic carbocycles. The van der Waals surface area contributed by atoms with Gasteiger partial charge in [-0.3, -0.25) is 0 Å². The lowest BCUT2D eigenvalue weighted by Gasteiger charge is -2.01. The standard InChI is InChI=1S/C4H9NO2.C2H6/c1-3(2)7-4(5)6;1-2/h3H,1-2H3,(H2,5,6);1-2H3. The lowest BCUT2D eigenvalue weighted by atomic mass is 10.5. The van der Waals surface area contributed by atoms with Crippen molar-refractivity contribution in [2.24, 2.45) is 5.73 Å². The summed E-state index contributed by atoms with van der Waals surface area (Å²) in [5.41, 5.74) is 4.63. The van der Waals surface area contributed by atoms with Gasteiger partial charge in [0.05, 0.1) is 6.10 Å². The predicted molar refractivity (Wildman–Crippen MR) is 37.2 cm³/mol. The molecular weight excluding hydrogens is 118 g/mol. The third kappa shape index (κ3) is 18.9. The maximum absolute atomic E-state index is 9.81. The summed E-state index contributed by atoms with van der Waals surface area (Å²) in [6.07, 6.45) is -0.813. The molecule has 2 N–H and O–H groups in total. The van der Waals surface area contributed by atoms with Gasteiger partial charge in [0.2, 0.25) is 0 Å². The first-order valence-electron chi connectivity index (χ1n) is 3.09. The van der Waals surface area contributed by atoms with E-state index in [1.54, 1.807) is 13.8 Å². The molecule has 0 aromatic carbocycles. The van der Waals surface area contributed by atoms with Crippen LogP contribution >= 0.6 is 0 Å². The average molecular weight is 133 g/mol. The molecule has 0 fully saturated rings. The van der Waals surface area contributed by atoms with E-state index in [1.807, 2.05) is 13.8 Å². The van der Waals surface area contributed by atoms with Crippen molar-refractivity contribution in [2.45, 2.75) is 33.8 Å². The quantitative estimate of drug-likeness (QED) is 0.589. The molecule has 0 aromatic heterocycles. The molecule has 0 saturated heterocycles. The minimum absolute atomic E-state index is 0.0995. The van der Waals surface area contributed by atoms with Crippen molar-refractivity contribution in [3.63, 3.8) is 0 Å². The number of hydrogen-bond donors (Lipinski definition) is 1. The van der Waals surface area contributed by atoms with Crippen LogP contribution in [0, 0.1) is 0 Å². The second-order valence-corrected chi connectivity index (χ2v) is 1.49. The average Bonchev–Trinajstić information content (AvgIpc) is 1.68. The monoisotopic (exact) mass is 133 g/mol. The Labute approximate surface area is 56.2 Å². The summed E-state index contributed by atoms with van der Waals surface area (Å²) in [5.74, 6) is 0. The van der Waals surface area contributed by atoms with Gasteiger partial charge >= 0.3 is 6.09 Å². The van der Waals surface area contributed by atoms with Crippen LogP contribution in [0.25, 0.3) is 0 Å². The molecule has 1 amide bonds. The van der Waals surface area contributed by atoms with Gasteiger partial charge in [0, 0.05) is 0 Å². The molecular formula is C6H15NO2. The molecule has 0 spiro atoms. The van der Waals surface area contributed by atoms with E-state index < -0.39 is 6.09 Å². The highest BCUT2D eigenvalue weighted by Crippen LogP contribution is 1.83. The lowest BCUT2D eigenvalue weighted by molar-refractivity contribution is 0.125. The Bertz CT molecular complexity index is 71.5. The van der Waals surface area contributed by atoms with Gasteiger partial charge in [0.25, 0.3) is 0 Å². The van der Waals surface area contributed by atoms with Gasteiger partial charge in [-0.15, -0.1) is 0 Å². The molecule has 0 aliphatic heterocycles. The van der Waals surface area contributed by atoms with Gasteiger partial charge in [-0.1, -0.05) is 13.8 Å². The number of nitrogens with two attached hydrogens (primary N) is 1. The van der Waals surface area contributed by atoms with Crippen LogP contribution in [0.5, 0.6) is 0 Å². The summed E-state index contributed by atoms with van der Waals surface area (Å²) >= 11 is 0. The van der Waals surface area contributed by atoms with E-state index in [0.717, 1.165) is 0 Å². The zero-order chi connectivity index (χ0) is 7.86. The SMILES string of the molecule is CC.CC(C)OC(N)=O. The maximum Gasteiger partial charge on any atom is 0.404 e. The number of primary amides is 1. The summed E-state index contributed by atoms with van der Waals surface area (Å²) in [5, 5.41) is 0. The first-order chi connectivity index (χ1) is 4.13. The Morgan fingerprint density at radius 1 is 1.44 bits per heavy atom. The number of carbonyl (C=O) groups excluding carboxylic acids is 1. The summed E-state index contributed by atoms with van der Waals surface area (Å²) < 4.78 is 4.39. The summed E-state index contributed by atoms with van der Waals surface area (Å²) in [4.78, 5) is 9.81. The highest BCUT2D eigenvalue weighted by molar-refractivity contribution is 5.64. The van der Waals surface area contributed by atoms with Crippen molar-refractivity contribution in [2.75, 3.05) is 0 Å². The summed E-state index contributed by atoms with van der Waals surface area (Å²) in [6.45, 7) is 7.48. The molecule has 9 heavy (non-hydrogen) atoms. The third-order valence-electron chi connectivity index (χ3n) is 0.352. The van der Waals surface area contributed by atoms with Crippen molar-refractivity contribution < 1.29 is 9.53 Å². The fourth-order valence-corrected chi connectivity index (χ4v) is 0.232. The molecule has 0 unspecified atom stereocenters. The van der Waals surface area contributed by atoms with E-state index in [-0.39, 0.29) is 6.10 Å². The van der Waals surface area contributed by atoms with E-state index in [1.165, 1.54) is 0 Å². The topological polar surface area (TPSA) is 52.3 Å². The third-order valence-corrected chi connectivity index (χ3v) is 0.352. The highest BCUT2D eigenvalue weighted by atomic mass is 16.6. The van der Waals surface area contributed by atoms with Crippen molar-refractivity contribution >= 4 is 6.09 Å². The van der Waals surface area contributed by atoms with Crippen molar-refractivity contribution in [3.8, 4) is 0 Å². The van der Waals surface area contributed by atoms with Gasteiger partial charge in [-0.25, -0.2) is 4.79 Å². The van der Waals surface area contributed by atoms with Gasteiger partial charge in [-0.05, 0) is 13.8 Å². The second-order valence-electron chi connectivity index (χ2n) is 1.49. The Balaban J connectivity index is 0. The fourth-order valence-electron chi connectivity index (χ4n) is 0.232. The van der Waals surface area contributed by atoms with E-state index in [0.29, 0.717) is 0 Å². The van der Waals surface area contributed by atoms with Crippen LogP contribution in [0.4, 0.5) is 4.79 Å². The lowest BCUT2D eigenvalue weighted by Crippen LogP contribution is -2.17. The Kier molecular flexibility index (Phi) is 8.98. The number of amides is 1. The highest BCUT2D eigenvalue weighted by Gasteiger charge is 1.94. The molecule has 0 atom stereocenters. The maximum atomic E-state index is 9.81. The molecule has 0 heterocycles. The fraction of sp³-hybridized carbons (Fsp3) is 0.833. The number of ether oxygens (including phenoxy) is 1. The van der Waals surface area contributed by atoms with Crippen molar-refractivity contribution in [3.05, 3.63) is 0 Å².